The van der Waals surface area contributed by atoms with Gasteiger partial charge in [0.1, 0.15) is 0 Å². The van der Waals surface area contributed by atoms with Gasteiger partial charge >= 0.3 is 0 Å². The van der Waals surface area contributed by atoms with E-state index in [4.69, 9.17) is 5.73 Å². The SMILES string of the molecule is CC#CCC(C)(C)CN. The minimum absolute atomic E-state index is 0.197. The molecular weight excluding hydrogens is 110 g/mol. The van der Waals surface area contributed by atoms with Crippen molar-refractivity contribution in [2.45, 2.75) is 27.2 Å². The fourth-order valence-electron chi connectivity index (χ4n) is 0.400. The zero-order chi connectivity index (χ0) is 7.33. The number of hydrogen-bond donors (Lipinski definition) is 1. The Balaban J connectivity index is 3.67. The molecule has 1 nitrogen and oxygen atoms in total. The quantitative estimate of drug-likeness (QED) is 0.554. The molecule has 0 aliphatic carbocycles. The highest BCUT2D eigenvalue weighted by Gasteiger charge is 2.12. The van der Waals surface area contributed by atoms with Gasteiger partial charge in [-0.3, -0.25) is 0 Å². The van der Waals surface area contributed by atoms with Crippen LogP contribution >= 0.6 is 0 Å². The molecule has 0 rings (SSSR count). The smallest absolute Gasteiger partial charge is 0.0152 e. The minimum Gasteiger partial charge on any atom is -0.330 e. The van der Waals surface area contributed by atoms with Gasteiger partial charge in [-0.05, 0) is 18.9 Å². The molecule has 0 aliphatic rings. The van der Waals surface area contributed by atoms with Crippen molar-refractivity contribution >= 4 is 0 Å². The summed E-state index contributed by atoms with van der Waals surface area (Å²) in [7, 11) is 0. The first-order chi connectivity index (χ1) is 4.12. The first-order valence-electron chi connectivity index (χ1n) is 3.22. The summed E-state index contributed by atoms with van der Waals surface area (Å²) in [6, 6.07) is 0. The highest BCUT2D eigenvalue weighted by Crippen LogP contribution is 2.16. The predicted octanol–water partition coefficient (Wildman–Crippen LogP) is 1.38. The van der Waals surface area contributed by atoms with Crippen LogP contribution < -0.4 is 5.73 Å². The Bertz CT molecular complexity index is 125. The van der Waals surface area contributed by atoms with E-state index in [0.717, 1.165) is 6.42 Å². The van der Waals surface area contributed by atoms with Crippen LogP contribution in [0.5, 0.6) is 0 Å². The lowest BCUT2D eigenvalue weighted by Gasteiger charge is -2.17. The monoisotopic (exact) mass is 125 g/mol. The zero-order valence-electron chi connectivity index (χ0n) is 6.49. The molecule has 0 aromatic carbocycles. The van der Waals surface area contributed by atoms with E-state index in [-0.39, 0.29) is 5.41 Å². The lowest BCUT2D eigenvalue weighted by atomic mass is 9.90. The summed E-state index contributed by atoms with van der Waals surface area (Å²) in [5.41, 5.74) is 5.68. The molecule has 0 aromatic rings. The zero-order valence-corrected chi connectivity index (χ0v) is 6.49. The Labute approximate surface area is 57.6 Å². The predicted molar refractivity (Wildman–Crippen MR) is 40.9 cm³/mol. The first-order valence-corrected chi connectivity index (χ1v) is 3.22. The van der Waals surface area contributed by atoms with Crippen molar-refractivity contribution in [3.05, 3.63) is 0 Å². The standard InChI is InChI=1S/C8H15N/c1-4-5-6-8(2,3)7-9/h6-7,9H2,1-3H3. The third-order valence-corrected chi connectivity index (χ3v) is 1.30. The minimum atomic E-state index is 0.197. The van der Waals surface area contributed by atoms with Crippen molar-refractivity contribution in [1.82, 2.24) is 0 Å². The first kappa shape index (κ1) is 8.52. The van der Waals surface area contributed by atoms with Crippen LogP contribution in [0.25, 0.3) is 0 Å². The van der Waals surface area contributed by atoms with Gasteiger partial charge in [0.2, 0.25) is 0 Å². The van der Waals surface area contributed by atoms with E-state index < -0.39 is 0 Å². The van der Waals surface area contributed by atoms with Crippen LogP contribution in [-0.2, 0) is 0 Å². The molecule has 0 aliphatic heterocycles. The van der Waals surface area contributed by atoms with Gasteiger partial charge in [0.25, 0.3) is 0 Å². The van der Waals surface area contributed by atoms with Crippen LogP contribution in [0.15, 0.2) is 0 Å². The number of nitrogens with two attached hydrogens (primary N) is 1. The molecule has 0 bridgehead atoms. The largest absolute Gasteiger partial charge is 0.330 e. The van der Waals surface area contributed by atoms with E-state index >= 15 is 0 Å². The highest BCUT2D eigenvalue weighted by molar-refractivity contribution is 4.98. The van der Waals surface area contributed by atoms with Crippen molar-refractivity contribution in [3.63, 3.8) is 0 Å². The number of hydrogen-bond acceptors (Lipinski definition) is 1. The summed E-state index contributed by atoms with van der Waals surface area (Å²) in [5, 5.41) is 0. The van der Waals surface area contributed by atoms with E-state index in [9.17, 15) is 0 Å². The lowest BCUT2D eigenvalue weighted by Crippen LogP contribution is -2.22. The third-order valence-electron chi connectivity index (χ3n) is 1.30. The van der Waals surface area contributed by atoms with Crippen molar-refractivity contribution in [2.24, 2.45) is 11.1 Å². The van der Waals surface area contributed by atoms with E-state index in [1.54, 1.807) is 0 Å². The molecule has 0 unspecified atom stereocenters. The lowest BCUT2D eigenvalue weighted by molar-refractivity contribution is 0.391. The second-order valence-electron chi connectivity index (χ2n) is 2.97. The highest BCUT2D eigenvalue weighted by atomic mass is 14.6. The molecule has 0 atom stereocenters. The van der Waals surface area contributed by atoms with E-state index in [1.807, 2.05) is 6.92 Å². The molecule has 9 heavy (non-hydrogen) atoms. The van der Waals surface area contributed by atoms with Crippen LogP contribution in [0.3, 0.4) is 0 Å². The molecule has 0 radical (unpaired) electrons. The number of rotatable bonds is 2. The summed E-state index contributed by atoms with van der Waals surface area (Å²) in [6.45, 7) is 6.81. The molecule has 0 aromatic heterocycles. The molecule has 0 fully saturated rings. The Morgan fingerprint density at radius 2 is 2.00 bits per heavy atom. The summed E-state index contributed by atoms with van der Waals surface area (Å²) in [6.07, 6.45) is 0.903. The molecule has 2 N–H and O–H groups in total. The van der Waals surface area contributed by atoms with Gasteiger partial charge < -0.3 is 5.73 Å². The summed E-state index contributed by atoms with van der Waals surface area (Å²) in [5.74, 6) is 5.86. The topological polar surface area (TPSA) is 26.0 Å². The summed E-state index contributed by atoms with van der Waals surface area (Å²) >= 11 is 0. The van der Waals surface area contributed by atoms with Crippen LogP contribution in [0.1, 0.15) is 27.2 Å². The van der Waals surface area contributed by atoms with Gasteiger partial charge in [0.15, 0.2) is 0 Å². The van der Waals surface area contributed by atoms with Crippen LogP contribution in [0, 0.1) is 17.3 Å². The van der Waals surface area contributed by atoms with E-state index in [0.29, 0.717) is 6.54 Å². The van der Waals surface area contributed by atoms with Gasteiger partial charge in [-0.2, -0.15) is 0 Å². The molecule has 0 saturated carbocycles. The van der Waals surface area contributed by atoms with Crippen LogP contribution in [-0.4, -0.2) is 6.54 Å². The maximum atomic E-state index is 5.48. The van der Waals surface area contributed by atoms with E-state index in [2.05, 4.69) is 25.7 Å². The molecule has 0 amide bonds. The Morgan fingerprint density at radius 1 is 1.44 bits per heavy atom. The third kappa shape index (κ3) is 4.05. The Hall–Kier alpha value is -0.480. The van der Waals surface area contributed by atoms with Crippen LogP contribution in [0.4, 0.5) is 0 Å². The second kappa shape index (κ2) is 3.53. The van der Waals surface area contributed by atoms with E-state index in [1.165, 1.54) is 0 Å². The molecular formula is C8H15N. The van der Waals surface area contributed by atoms with Gasteiger partial charge in [-0.25, -0.2) is 0 Å². The maximum Gasteiger partial charge on any atom is 0.0152 e. The van der Waals surface area contributed by atoms with Gasteiger partial charge in [-0.1, -0.05) is 13.8 Å². The molecule has 0 heterocycles. The summed E-state index contributed by atoms with van der Waals surface area (Å²) in [4.78, 5) is 0. The van der Waals surface area contributed by atoms with Crippen LogP contribution in [0.2, 0.25) is 0 Å². The normalized spacial score (nSPS) is 10.2. The molecule has 52 valence electrons. The second-order valence-corrected chi connectivity index (χ2v) is 2.97. The fraction of sp³-hybridized carbons (Fsp3) is 0.750. The molecule has 0 spiro atoms. The van der Waals surface area contributed by atoms with Crippen molar-refractivity contribution in [1.29, 1.82) is 0 Å². The Morgan fingerprint density at radius 3 is 2.33 bits per heavy atom. The maximum absolute atomic E-state index is 5.48. The molecule has 1 heteroatoms. The average Bonchev–Trinajstić information content (AvgIpc) is 1.84. The van der Waals surface area contributed by atoms with Gasteiger partial charge in [0.05, 0.1) is 0 Å². The fourth-order valence-corrected chi connectivity index (χ4v) is 0.400. The molecule has 0 saturated heterocycles. The average molecular weight is 125 g/mol. The van der Waals surface area contributed by atoms with Crippen molar-refractivity contribution in [2.75, 3.05) is 6.54 Å². The van der Waals surface area contributed by atoms with Gasteiger partial charge in [-0.15, -0.1) is 11.8 Å². The van der Waals surface area contributed by atoms with Crippen molar-refractivity contribution in [3.8, 4) is 11.8 Å². The van der Waals surface area contributed by atoms with Crippen molar-refractivity contribution < 1.29 is 0 Å². The summed E-state index contributed by atoms with van der Waals surface area (Å²) < 4.78 is 0. The van der Waals surface area contributed by atoms with Gasteiger partial charge in [0, 0.05) is 6.42 Å². The Kier molecular flexibility index (Phi) is 3.34.